The molecule has 0 atom stereocenters. The smallest absolute Gasteiger partial charge is 0.284 e. The first kappa shape index (κ1) is 14.5. The largest absolute Gasteiger partial charge is 0.464 e. The quantitative estimate of drug-likeness (QED) is 0.757. The predicted octanol–water partition coefficient (Wildman–Crippen LogP) is 3.52. The summed E-state index contributed by atoms with van der Waals surface area (Å²) in [7, 11) is 0. The molecule has 3 nitrogen and oxygen atoms in total. The van der Waals surface area contributed by atoms with Crippen molar-refractivity contribution in [1.82, 2.24) is 10.3 Å². The summed E-state index contributed by atoms with van der Waals surface area (Å²) in [5, 5.41) is 5.26. The number of hydrogen-bond acceptors (Lipinski definition) is 5. The lowest BCUT2D eigenvalue weighted by Crippen LogP contribution is -2.16. The highest BCUT2D eigenvalue weighted by Crippen LogP contribution is 2.21. The molecule has 0 aliphatic carbocycles. The van der Waals surface area contributed by atoms with Crippen LogP contribution in [-0.2, 0) is 18.7 Å². The molecule has 0 radical (unpaired) electrons. The number of nitrogens with zero attached hydrogens (tertiary/aromatic N) is 1. The van der Waals surface area contributed by atoms with Crippen LogP contribution in [-0.4, -0.2) is 17.3 Å². The second-order valence-electron chi connectivity index (χ2n) is 3.85. The minimum Gasteiger partial charge on any atom is -0.464 e. The van der Waals surface area contributed by atoms with Gasteiger partial charge in [-0.3, -0.25) is 0 Å². The van der Waals surface area contributed by atoms with E-state index in [0.29, 0.717) is 24.1 Å². The molecule has 0 saturated carbocycles. The molecule has 2 aromatic rings. The average molecular weight is 304 g/mol. The van der Waals surface area contributed by atoms with Crippen molar-refractivity contribution in [1.29, 1.82) is 0 Å². The van der Waals surface area contributed by atoms with E-state index >= 15 is 0 Å². The Balaban J connectivity index is 1.65. The Kier molecular flexibility index (Phi) is 5.81. The summed E-state index contributed by atoms with van der Waals surface area (Å²) in [4.78, 5) is 4.19. The average Bonchev–Trinajstić information content (AvgIpc) is 3.04. The van der Waals surface area contributed by atoms with Crippen molar-refractivity contribution in [2.75, 3.05) is 6.54 Å². The Morgan fingerprint density at radius 1 is 1.37 bits per heavy atom. The van der Waals surface area contributed by atoms with Crippen LogP contribution in [0.5, 0.6) is 0 Å². The third-order valence-corrected chi connectivity index (χ3v) is 3.75. The molecule has 0 amide bonds. The number of alkyl halides is 2. The van der Waals surface area contributed by atoms with Gasteiger partial charge in [-0.25, -0.2) is 4.98 Å². The summed E-state index contributed by atoms with van der Waals surface area (Å²) in [6.45, 7) is 1.41. The van der Waals surface area contributed by atoms with Crippen LogP contribution in [0.25, 0.3) is 0 Å². The van der Waals surface area contributed by atoms with E-state index in [-0.39, 0.29) is 5.75 Å². The molecule has 0 aromatic carbocycles. The number of hydrogen-bond donors (Lipinski definition) is 1. The van der Waals surface area contributed by atoms with Crippen LogP contribution in [0, 0.1) is 0 Å². The second-order valence-corrected chi connectivity index (χ2v) is 5.54. The first-order valence-corrected chi connectivity index (χ1v) is 7.78. The predicted molar refractivity (Wildman–Crippen MR) is 73.5 cm³/mol. The van der Waals surface area contributed by atoms with Gasteiger partial charge < -0.3 is 9.73 Å². The fourth-order valence-corrected chi connectivity index (χ4v) is 2.57. The lowest BCUT2D eigenvalue weighted by atomic mass is 10.3. The van der Waals surface area contributed by atoms with Crippen LogP contribution in [0.3, 0.4) is 0 Å². The molecule has 2 heterocycles. The number of thioether (sulfide) groups is 1. The molecule has 19 heavy (non-hydrogen) atoms. The van der Waals surface area contributed by atoms with Crippen LogP contribution >= 0.6 is 23.1 Å². The highest BCUT2D eigenvalue weighted by atomic mass is 32.2. The lowest BCUT2D eigenvalue weighted by molar-refractivity contribution is 0.251. The topological polar surface area (TPSA) is 38.1 Å². The zero-order valence-corrected chi connectivity index (χ0v) is 11.8. The molecule has 7 heteroatoms. The van der Waals surface area contributed by atoms with Gasteiger partial charge >= 0.3 is 0 Å². The van der Waals surface area contributed by atoms with Crippen LogP contribution in [0.1, 0.15) is 17.2 Å². The van der Waals surface area contributed by atoms with Crippen LogP contribution < -0.4 is 5.32 Å². The Morgan fingerprint density at radius 2 is 2.21 bits per heavy atom. The minimum absolute atomic E-state index is 0.205. The summed E-state index contributed by atoms with van der Waals surface area (Å²) >= 11 is 2.15. The molecular formula is C12H14F2N2OS2. The monoisotopic (exact) mass is 304 g/mol. The van der Waals surface area contributed by atoms with Gasteiger partial charge in [0.2, 0.25) is 0 Å². The standard InChI is InChI=1S/C12H14F2N2OS2/c13-12(14)19-7-11-2-1-10(17-11)5-15-4-3-9-6-18-8-16-9/h1-2,6,8,12,15H,3-5,7H2. The molecule has 2 rings (SSSR count). The van der Waals surface area contributed by atoms with E-state index in [0.717, 1.165) is 24.4 Å². The fraction of sp³-hybridized carbons (Fsp3) is 0.417. The molecule has 2 aromatic heterocycles. The third kappa shape index (κ3) is 5.30. The van der Waals surface area contributed by atoms with E-state index in [1.54, 1.807) is 17.4 Å². The van der Waals surface area contributed by atoms with Crippen LogP contribution in [0.2, 0.25) is 0 Å². The maximum Gasteiger partial charge on any atom is 0.284 e. The number of aromatic nitrogens is 1. The summed E-state index contributed by atoms with van der Waals surface area (Å²) < 4.78 is 29.5. The molecule has 0 saturated heterocycles. The Hall–Kier alpha value is -0.920. The van der Waals surface area contributed by atoms with E-state index in [1.807, 2.05) is 17.0 Å². The van der Waals surface area contributed by atoms with Gasteiger partial charge in [-0.05, 0) is 12.1 Å². The zero-order valence-electron chi connectivity index (χ0n) is 10.1. The van der Waals surface area contributed by atoms with Gasteiger partial charge in [0.1, 0.15) is 11.5 Å². The van der Waals surface area contributed by atoms with E-state index in [4.69, 9.17) is 4.42 Å². The second kappa shape index (κ2) is 7.62. The van der Waals surface area contributed by atoms with Gasteiger partial charge in [0.25, 0.3) is 5.76 Å². The van der Waals surface area contributed by atoms with E-state index in [9.17, 15) is 8.78 Å². The zero-order chi connectivity index (χ0) is 13.5. The molecule has 0 aliphatic heterocycles. The molecule has 0 bridgehead atoms. The Labute approximate surface area is 118 Å². The van der Waals surface area contributed by atoms with E-state index in [2.05, 4.69) is 10.3 Å². The van der Waals surface area contributed by atoms with Crippen molar-refractivity contribution in [3.05, 3.63) is 40.2 Å². The lowest BCUT2D eigenvalue weighted by Gasteiger charge is -2.01. The van der Waals surface area contributed by atoms with Crippen LogP contribution in [0.15, 0.2) is 27.4 Å². The van der Waals surface area contributed by atoms with Gasteiger partial charge in [-0.1, -0.05) is 11.8 Å². The number of halogens is 2. The number of thiazole rings is 1. The molecular weight excluding hydrogens is 290 g/mol. The van der Waals surface area contributed by atoms with Crippen molar-refractivity contribution in [3.8, 4) is 0 Å². The summed E-state index contributed by atoms with van der Waals surface area (Å²) in [5.41, 5.74) is 2.89. The molecule has 1 N–H and O–H groups in total. The first-order valence-electron chi connectivity index (χ1n) is 5.79. The van der Waals surface area contributed by atoms with Crippen LogP contribution in [0.4, 0.5) is 8.78 Å². The van der Waals surface area contributed by atoms with Crippen molar-refractivity contribution in [2.45, 2.75) is 24.5 Å². The Bertz CT molecular complexity index is 474. The third-order valence-electron chi connectivity index (χ3n) is 2.41. The SMILES string of the molecule is FC(F)SCc1ccc(CNCCc2cscn2)o1. The van der Waals surface area contributed by atoms with Gasteiger partial charge in [-0.15, -0.1) is 11.3 Å². The summed E-state index contributed by atoms with van der Waals surface area (Å²) in [6, 6.07) is 3.56. The molecule has 0 aliphatic rings. The van der Waals surface area contributed by atoms with Crippen molar-refractivity contribution >= 4 is 23.1 Å². The van der Waals surface area contributed by atoms with Gasteiger partial charge in [0, 0.05) is 18.3 Å². The summed E-state index contributed by atoms with van der Waals surface area (Å²) in [6.07, 6.45) is 0.873. The first-order chi connectivity index (χ1) is 9.24. The maximum atomic E-state index is 12.0. The highest BCUT2D eigenvalue weighted by Gasteiger charge is 2.07. The molecule has 0 fully saturated rings. The van der Waals surface area contributed by atoms with Gasteiger partial charge in [-0.2, -0.15) is 8.78 Å². The van der Waals surface area contributed by atoms with Gasteiger partial charge in [0.15, 0.2) is 0 Å². The van der Waals surface area contributed by atoms with Crippen molar-refractivity contribution in [3.63, 3.8) is 0 Å². The molecule has 104 valence electrons. The number of rotatable bonds is 8. The van der Waals surface area contributed by atoms with Crippen molar-refractivity contribution < 1.29 is 13.2 Å². The van der Waals surface area contributed by atoms with E-state index in [1.165, 1.54) is 0 Å². The van der Waals surface area contributed by atoms with Gasteiger partial charge in [0.05, 0.1) is 23.5 Å². The fourth-order valence-electron chi connectivity index (χ4n) is 1.53. The Morgan fingerprint density at radius 3 is 2.95 bits per heavy atom. The number of nitrogens with one attached hydrogen (secondary N) is 1. The normalized spacial score (nSPS) is 11.3. The highest BCUT2D eigenvalue weighted by molar-refractivity contribution is 7.98. The minimum atomic E-state index is -2.36. The molecule has 0 unspecified atom stereocenters. The maximum absolute atomic E-state index is 12.0. The van der Waals surface area contributed by atoms with E-state index < -0.39 is 5.76 Å². The number of furan rings is 1. The molecule has 0 spiro atoms. The van der Waals surface area contributed by atoms with Crippen molar-refractivity contribution in [2.24, 2.45) is 0 Å². The summed E-state index contributed by atoms with van der Waals surface area (Å²) in [5.74, 6) is -0.800.